The van der Waals surface area contributed by atoms with Crippen LogP contribution in [0.3, 0.4) is 0 Å². The third-order valence-electron chi connectivity index (χ3n) is 5.15. The average Bonchev–Trinajstić information content (AvgIpc) is 2.56. The van der Waals surface area contributed by atoms with E-state index >= 15 is 0 Å². The minimum Gasteiger partial charge on any atom is -0.468 e. The lowest BCUT2D eigenvalue weighted by Crippen LogP contribution is -2.51. The van der Waals surface area contributed by atoms with Gasteiger partial charge in [-0.1, -0.05) is 26.2 Å². The number of carbonyl (C=O) groups is 1. The summed E-state index contributed by atoms with van der Waals surface area (Å²) in [5.74, 6) is -0.0418. The van der Waals surface area contributed by atoms with Gasteiger partial charge in [-0.3, -0.25) is 9.69 Å². The number of esters is 1. The Balaban J connectivity index is 1.83. The molecule has 122 valence electrons. The van der Waals surface area contributed by atoms with Gasteiger partial charge in [0, 0.05) is 19.1 Å². The van der Waals surface area contributed by atoms with Gasteiger partial charge >= 0.3 is 5.97 Å². The smallest absolute Gasteiger partial charge is 0.323 e. The molecule has 2 aliphatic heterocycles. The number of piperidine rings is 2. The van der Waals surface area contributed by atoms with Gasteiger partial charge in [0.2, 0.25) is 0 Å². The summed E-state index contributed by atoms with van der Waals surface area (Å²) in [6.07, 6.45) is 9.72. The highest BCUT2D eigenvalue weighted by Crippen LogP contribution is 2.23. The maximum atomic E-state index is 12.0. The molecule has 0 aromatic rings. The second kappa shape index (κ2) is 8.74. The molecule has 1 unspecified atom stereocenters. The Morgan fingerprint density at radius 2 is 1.81 bits per heavy atom. The summed E-state index contributed by atoms with van der Waals surface area (Å²) in [6, 6.07) is 0.725. The van der Waals surface area contributed by atoms with Gasteiger partial charge in [0.15, 0.2) is 0 Å². The van der Waals surface area contributed by atoms with Crippen LogP contribution in [0.15, 0.2) is 0 Å². The first-order valence-electron chi connectivity index (χ1n) is 8.82. The summed E-state index contributed by atoms with van der Waals surface area (Å²) in [7, 11) is 1.52. The number of hydrogen-bond donors (Lipinski definition) is 0. The van der Waals surface area contributed by atoms with Gasteiger partial charge < -0.3 is 9.64 Å². The molecule has 0 radical (unpaired) electrons. The molecule has 1 atom stereocenters. The van der Waals surface area contributed by atoms with Crippen LogP contribution in [0.25, 0.3) is 0 Å². The first kappa shape index (κ1) is 16.8. The molecular formula is C17H32N2O2. The SMILES string of the molecule is CCCCC(C(=O)OC)N1CCC(N2CCCCC2)CC1. The van der Waals surface area contributed by atoms with E-state index in [9.17, 15) is 4.79 Å². The molecule has 2 fully saturated rings. The fourth-order valence-electron chi connectivity index (χ4n) is 3.83. The number of nitrogens with zero attached hydrogens (tertiary/aromatic N) is 2. The van der Waals surface area contributed by atoms with Crippen LogP contribution < -0.4 is 0 Å². The van der Waals surface area contributed by atoms with Crippen LogP contribution in [0, 0.1) is 0 Å². The molecular weight excluding hydrogens is 264 g/mol. The number of hydrogen-bond acceptors (Lipinski definition) is 4. The summed E-state index contributed by atoms with van der Waals surface area (Å²) >= 11 is 0. The Morgan fingerprint density at radius 1 is 1.14 bits per heavy atom. The van der Waals surface area contributed by atoms with Crippen molar-refractivity contribution in [2.24, 2.45) is 0 Å². The van der Waals surface area contributed by atoms with E-state index in [-0.39, 0.29) is 12.0 Å². The van der Waals surface area contributed by atoms with Crippen molar-refractivity contribution in [2.45, 2.75) is 70.4 Å². The highest BCUT2D eigenvalue weighted by Gasteiger charge is 2.32. The van der Waals surface area contributed by atoms with Crippen molar-refractivity contribution in [1.82, 2.24) is 9.80 Å². The second-order valence-corrected chi connectivity index (χ2v) is 6.54. The van der Waals surface area contributed by atoms with Crippen LogP contribution in [0.5, 0.6) is 0 Å². The van der Waals surface area contributed by atoms with Gasteiger partial charge in [-0.2, -0.15) is 0 Å². The topological polar surface area (TPSA) is 32.8 Å². The third kappa shape index (κ3) is 4.68. The van der Waals surface area contributed by atoms with Crippen molar-refractivity contribution >= 4 is 5.97 Å². The molecule has 21 heavy (non-hydrogen) atoms. The lowest BCUT2D eigenvalue weighted by Gasteiger charge is -2.42. The molecule has 0 amide bonds. The van der Waals surface area contributed by atoms with E-state index in [2.05, 4.69) is 16.7 Å². The first-order valence-corrected chi connectivity index (χ1v) is 8.82. The lowest BCUT2D eigenvalue weighted by molar-refractivity contribution is -0.148. The number of methoxy groups -OCH3 is 1. The van der Waals surface area contributed by atoms with Crippen molar-refractivity contribution in [3.8, 4) is 0 Å². The van der Waals surface area contributed by atoms with E-state index < -0.39 is 0 Å². The largest absolute Gasteiger partial charge is 0.468 e. The Morgan fingerprint density at radius 3 is 2.38 bits per heavy atom. The molecule has 4 nitrogen and oxygen atoms in total. The molecule has 2 saturated heterocycles. The maximum absolute atomic E-state index is 12.0. The van der Waals surface area contributed by atoms with Crippen LogP contribution in [-0.4, -0.2) is 61.1 Å². The Bertz CT molecular complexity index is 308. The van der Waals surface area contributed by atoms with Gasteiger partial charge in [-0.05, 0) is 45.2 Å². The van der Waals surface area contributed by atoms with E-state index in [1.54, 1.807) is 0 Å². The van der Waals surface area contributed by atoms with E-state index in [0.29, 0.717) is 0 Å². The fraction of sp³-hybridized carbons (Fsp3) is 0.941. The zero-order chi connectivity index (χ0) is 15.1. The van der Waals surface area contributed by atoms with E-state index in [1.807, 2.05) is 0 Å². The number of carbonyl (C=O) groups excluding carboxylic acids is 1. The van der Waals surface area contributed by atoms with E-state index in [1.165, 1.54) is 52.3 Å². The molecule has 0 N–H and O–H groups in total. The lowest BCUT2D eigenvalue weighted by atomic mass is 9.97. The third-order valence-corrected chi connectivity index (χ3v) is 5.15. The zero-order valence-corrected chi connectivity index (χ0v) is 13.9. The molecule has 0 aromatic heterocycles. The predicted octanol–water partition coefficient (Wildman–Crippen LogP) is 2.67. The summed E-state index contributed by atoms with van der Waals surface area (Å²) < 4.78 is 5.01. The van der Waals surface area contributed by atoms with Crippen molar-refractivity contribution in [1.29, 1.82) is 0 Å². The highest BCUT2D eigenvalue weighted by molar-refractivity contribution is 5.75. The van der Waals surface area contributed by atoms with E-state index in [4.69, 9.17) is 4.74 Å². The predicted molar refractivity (Wildman–Crippen MR) is 85.3 cm³/mol. The molecule has 2 rings (SSSR count). The number of rotatable bonds is 6. The normalized spacial score (nSPS) is 23.9. The van der Waals surface area contributed by atoms with Crippen LogP contribution in [-0.2, 0) is 9.53 Å². The van der Waals surface area contributed by atoms with Gasteiger partial charge in [-0.25, -0.2) is 0 Å². The first-order chi connectivity index (χ1) is 10.3. The molecule has 0 spiro atoms. The van der Waals surface area contributed by atoms with Gasteiger partial charge in [0.25, 0.3) is 0 Å². The Kier molecular flexibility index (Phi) is 6.97. The molecule has 0 aliphatic carbocycles. The van der Waals surface area contributed by atoms with Crippen LogP contribution in [0.1, 0.15) is 58.3 Å². The van der Waals surface area contributed by atoms with Gasteiger partial charge in [-0.15, -0.1) is 0 Å². The highest BCUT2D eigenvalue weighted by atomic mass is 16.5. The van der Waals surface area contributed by atoms with Crippen molar-refractivity contribution < 1.29 is 9.53 Å². The molecule has 2 aliphatic rings. The van der Waals surface area contributed by atoms with E-state index in [0.717, 1.165) is 38.4 Å². The maximum Gasteiger partial charge on any atom is 0.323 e. The standard InChI is InChI=1S/C17H32N2O2/c1-3-4-8-16(17(20)21-2)19-13-9-15(10-14-19)18-11-6-5-7-12-18/h15-16H,3-14H2,1-2H3. The molecule has 4 heteroatoms. The van der Waals surface area contributed by atoms with Gasteiger partial charge in [0.05, 0.1) is 7.11 Å². The summed E-state index contributed by atoms with van der Waals surface area (Å²) in [5.41, 5.74) is 0. The fourth-order valence-corrected chi connectivity index (χ4v) is 3.83. The van der Waals surface area contributed by atoms with Crippen LogP contribution in [0.2, 0.25) is 0 Å². The quantitative estimate of drug-likeness (QED) is 0.706. The number of likely N-dealkylation sites (tertiary alicyclic amines) is 2. The minimum absolute atomic E-state index is 0.0164. The van der Waals surface area contributed by atoms with Gasteiger partial charge in [0.1, 0.15) is 6.04 Å². The molecule has 0 aromatic carbocycles. The van der Waals surface area contributed by atoms with Crippen LogP contribution in [0.4, 0.5) is 0 Å². The summed E-state index contributed by atoms with van der Waals surface area (Å²) in [5, 5.41) is 0. The second-order valence-electron chi connectivity index (χ2n) is 6.54. The van der Waals surface area contributed by atoms with Crippen molar-refractivity contribution in [2.75, 3.05) is 33.3 Å². The monoisotopic (exact) mass is 296 g/mol. The van der Waals surface area contributed by atoms with Crippen molar-refractivity contribution in [3.05, 3.63) is 0 Å². The minimum atomic E-state index is -0.0418. The zero-order valence-electron chi connectivity index (χ0n) is 13.9. The average molecular weight is 296 g/mol. The van der Waals surface area contributed by atoms with Crippen LogP contribution >= 0.6 is 0 Å². The Labute approximate surface area is 129 Å². The molecule has 2 heterocycles. The molecule has 0 saturated carbocycles. The summed E-state index contributed by atoms with van der Waals surface area (Å²) in [6.45, 7) is 6.83. The van der Waals surface area contributed by atoms with Crippen molar-refractivity contribution in [3.63, 3.8) is 0 Å². The number of unbranched alkanes of at least 4 members (excludes halogenated alkanes) is 1. The number of ether oxygens (including phenoxy) is 1. The summed E-state index contributed by atoms with van der Waals surface area (Å²) in [4.78, 5) is 17.1. The Hall–Kier alpha value is -0.610. The molecule has 0 bridgehead atoms.